The first-order valence-electron chi connectivity index (χ1n) is 10.4. The Kier molecular flexibility index (Phi) is 5.24. The third-order valence-corrected chi connectivity index (χ3v) is 5.84. The van der Waals surface area contributed by atoms with Crippen LogP contribution in [0.4, 0.5) is 5.82 Å². The van der Waals surface area contributed by atoms with Gasteiger partial charge in [0.1, 0.15) is 17.8 Å². The van der Waals surface area contributed by atoms with Crippen LogP contribution in [-0.2, 0) is 9.53 Å². The molecule has 10 heteroatoms. The van der Waals surface area contributed by atoms with Gasteiger partial charge in [0.25, 0.3) is 0 Å². The maximum absolute atomic E-state index is 12.4. The number of nitrogens with zero attached hydrogens (tertiary/aromatic N) is 6. The number of benzene rings is 1. The predicted octanol–water partition coefficient (Wildman–Crippen LogP) is 1.66. The van der Waals surface area contributed by atoms with Gasteiger partial charge < -0.3 is 15.4 Å². The summed E-state index contributed by atoms with van der Waals surface area (Å²) in [5.41, 5.74) is 8.98. The minimum Gasteiger partial charge on any atom is -0.383 e. The summed E-state index contributed by atoms with van der Waals surface area (Å²) in [4.78, 5) is 22.7. The summed E-state index contributed by atoms with van der Waals surface area (Å²) in [6.07, 6.45) is 5.16. The van der Waals surface area contributed by atoms with Gasteiger partial charge >= 0.3 is 0 Å². The second-order valence-corrected chi connectivity index (χ2v) is 7.87. The maximum Gasteiger partial charge on any atom is 0.246 e. The SMILES string of the molecule is C=CC(=O)N1C[C@@H](n2nc(C#Cc3ccc4cn[nH]c4c3)c3c(N)ncnc32)C[C@@H]1COC. The molecule has 0 unspecified atom stereocenters. The summed E-state index contributed by atoms with van der Waals surface area (Å²) >= 11 is 0. The third kappa shape index (κ3) is 3.68. The number of H-pyrrole nitrogens is 1. The summed E-state index contributed by atoms with van der Waals surface area (Å²) in [7, 11) is 1.62. The van der Waals surface area contributed by atoms with Crippen LogP contribution < -0.4 is 5.73 Å². The predicted molar refractivity (Wildman–Crippen MR) is 123 cm³/mol. The number of likely N-dealkylation sites (tertiary alicyclic amines) is 1. The largest absolute Gasteiger partial charge is 0.383 e. The fourth-order valence-corrected chi connectivity index (χ4v) is 4.29. The highest BCUT2D eigenvalue weighted by molar-refractivity contribution is 5.91. The molecule has 0 bridgehead atoms. The smallest absolute Gasteiger partial charge is 0.246 e. The van der Waals surface area contributed by atoms with Gasteiger partial charge in [-0.25, -0.2) is 14.6 Å². The maximum atomic E-state index is 12.4. The van der Waals surface area contributed by atoms with E-state index in [2.05, 4.69) is 38.6 Å². The van der Waals surface area contributed by atoms with E-state index in [-0.39, 0.29) is 18.0 Å². The van der Waals surface area contributed by atoms with E-state index < -0.39 is 0 Å². The molecule has 2 atom stereocenters. The lowest BCUT2D eigenvalue weighted by molar-refractivity contribution is -0.127. The molecule has 4 heterocycles. The van der Waals surface area contributed by atoms with Crippen molar-refractivity contribution in [1.29, 1.82) is 0 Å². The Morgan fingerprint density at radius 1 is 1.39 bits per heavy atom. The molecule has 33 heavy (non-hydrogen) atoms. The molecule has 1 aliphatic heterocycles. The van der Waals surface area contributed by atoms with E-state index in [0.717, 1.165) is 16.5 Å². The number of amides is 1. The number of ether oxygens (including phenoxy) is 1. The van der Waals surface area contributed by atoms with Crippen molar-refractivity contribution in [3.8, 4) is 11.8 Å². The molecule has 5 rings (SSSR count). The third-order valence-electron chi connectivity index (χ3n) is 5.84. The van der Waals surface area contributed by atoms with Crippen LogP contribution in [0.3, 0.4) is 0 Å². The second kappa shape index (κ2) is 8.37. The highest BCUT2D eigenvalue weighted by Crippen LogP contribution is 2.32. The quantitative estimate of drug-likeness (QED) is 0.363. The first-order valence-corrected chi connectivity index (χ1v) is 10.4. The van der Waals surface area contributed by atoms with Crippen LogP contribution >= 0.6 is 0 Å². The molecule has 3 aromatic heterocycles. The fraction of sp³-hybridized carbons (Fsp3) is 0.261. The van der Waals surface area contributed by atoms with E-state index in [1.807, 2.05) is 18.2 Å². The Labute approximate surface area is 189 Å². The first kappa shape index (κ1) is 20.7. The molecule has 1 amide bonds. The van der Waals surface area contributed by atoms with E-state index in [0.29, 0.717) is 42.1 Å². The van der Waals surface area contributed by atoms with Crippen LogP contribution in [0.2, 0.25) is 0 Å². The van der Waals surface area contributed by atoms with E-state index >= 15 is 0 Å². The molecule has 4 aromatic rings. The summed E-state index contributed by atoms with van der Waals surface area (Å²) in [6.45, 7) is 4.50. The topological polar surface area (TPSA) is 128 Å². The van der Waals surface area contributed by atoms with Crippen LogP contribution in [0.15, 0.2) is 43.4 Å². The van der Waals surface area contributed by atoms with Gasteiger partial charge in [-0.15, -0.1) is 0 Å². The minimum atomic E-state index is -0.139. The zero-order valence-electron chi connectivity index (χ0n) is 18.0. The highest BCUT2D eigenvalue weighted by Gasteiger charge is 2.37. The molecule has 1 aliphatic rings. The molecule has 0 aliphatic carbocycles. The Hall–Kier alpha value is -4.23. The van der Waals surface area contributed by atoms with E-state index in [4.69, 9.17) is 15.6 Å². The number of fused-ring (bicyclic) bond motifs is 2. The van der Waals surface area contributed by atoms with Gasteiger partial charge in [0.2, 0.25) is 5.91 Å². The summed E-state index contributed by atoms with van der Waals surface area (Å²) in [6, 6.07) is 5.62. The number of anilines is 1. The zero-order valence-corrected chi connectivity index (χ0v) is 18.0. The Morgan fingerprint density at radius 2 is 2.27 bits per heavy atom. The number of aromatic amines is 1. The Morgan fingerprint density at radius 3 is 3.09 bits per heavy atom. The molecular formula is C23H22N8O2. The van der Waals surface area contributed by atoms with E-state index in [9.17, 15) is 4.79 Å². The van der Waals surface area contributed by atoms with Crippen molar-refractivity contribution in [1.82, 2.24) is 34.8 Å². The van der Waals surface area contributed by atoms with Gasteiger partial charge in [0, 0.05) is 24.6 Å². The standard InChI is InChI=1S/C23H22N8O2/c1-3-20(32)30-11-16(9-17(30)12-33-2)31-23-21(22(24)25-13-26-23)18(29-31)7-5-14-4-6-15-10-27-28-19(15)8-14/h3-4,6,8,10,13,16-17H,1,9,11-12H2,2H3,(H,27,28)(H2,24,25,26)/t16-,17+/m0/s1. The van der Waals surface area contributed by atoms with Crippen molar-refractivity contribution in [2.75, 3.05) is 26.0 Å². The van der Waals surface area contributed by atoms with Crippen LogP contribution in [0, 0.1) is 11.8 Å². The zero-order chi connectivity index (χ0) is 22.9. The average Bonchev–Trinajstić information content (AvgIpc) is 3.54. The number of nitrogens with two attached hydrogens (primary N) is 1. The molecule has 0 radical (unpaired) electrons. The van der Waals surface area contributed by atoms with Crippen molar-refractivity contribution >= 4 is 33.7 Å². The van der Waals surface area contributed by atoms with E-state index in [1.54, 1.807) is 22.9 Å². The van der Waals surface area contributed by atoms with Crippen LogP contribution in [0.5, 0.6) is 0 Å². The number of carbonyl (C=O) groups is 1. The van der Waals surface area contributed by atoms with Crippen LogP contribution in [0.25, 0.3) is 21.9 Å². The number of nitrogens with one attached hydrogen (secondary N) is 1. The van der Waals surface area contributed by atoms with Crippen molar-refractivity contribution < 1.29 is 9.53 Å². The fourth-order valence-electron chi connectivity index (χ4n) is 4.29. The van der Waals surface area contributed by atoms with Gasteiger partial charge in [-0.3, -0.25) is 9.89 Å². The Balaban J connectivity index is 1.55. The monoisotopic (exact) mass is 442 g/mol. The second-order valence-electron chi connectivity index (χ2n) is 7.87. The first-order chi connectivity index (χ1) is 16.1. The number of hydrogen-bond acceptors (Lipinski definition) is 7. The average molecular weight is 442 g/mol. The summed E-state index contributed by atoms with van der Waals surface area (Å²) in [5, 5.41) is 13.3. The molecule has 1 saturated heterocycles. The number of methoxy groups -OCH3 is 1. The van der Waals surface area contributed by atoms with Gasteiger partial charge in [-0.05, 0) is 36.6 Å². The Bertz CT molecular complexity index is 1430. The van der Waals surface area contributed by atoms with Crippen molar-refractivity contribution in [3.05, 3.63) is 54.6 Å². The normalized spacial score (nSPS) is 17.9. The van der Waals surface area contributed by atoms with Gasteiger partial charge in [-0.2, -0.15) is 10.2 Å². The summed E-state index contributed by atoms with van der Waals surface area (Å²) < 4.78 is 7.13. The lowest BCUT2D eigenvalue weighted by Crippen LogP contribution is -2.37. The van der Waals surface area contributed by atoms with Gasteiger partial charge in [0.15, 0.2) is 5.65 Å². The number of hydrogen-bond donors (Lipinski definition) is 2. The number of rotatable bonds is 4. The van der Waals surface area contributed by atoms with Crippen molar-refractivity contribution in [2.45, 2.75) is 18.5 Å². The molecule has 1 fully saturated rings. The molecule has 0 saturated carbocycles. The molecular weight excluding hydrogens is 420 g/mol. The minimum absolute atomic E-state index is 0.0837. The molecule has 1 aromatic carbocycles. The van der Waals surface area contributed by atoms with Gasteiger partial charge in [0.05, 0.1) is 35.8 Å². The molecule has 0 spiro atoms. The van der Waals surface area contributed by atoms with Crippen molar-refractivity contribution in [2.24, 2.45) is 0 Å². The lowest BCUT2D eigenvalue weighted by atomic mass is 10.1. The van der Waals surface area contributed by atoms with Crippen LogP contribution in [-0.4, -0.2) is 67.1 Å². The van der Waals surface area contributed by atoms with Crippen LogP contribution in [0.1, 0.15) is 23.7 Å². The summed E-state index contributed by atoms with van der Waals surface area (Å²) in [5.74, 6) is 6.45. The van der Waals surface area contributed by atoms with Crippen molar-refractivity contribution in [3.63, 3.8) is 0 Å². The number of aromatic nitrogens is 6. The van der Waals surface area contributed by atoms with E-state index in [1.165, 1.54) is 12.4 Å². The number of carbonyl (C=O) groups excluding carboxylic acids is 1. The molecule has 3 N–H and O–H groups in total. The van der Waals surface area contributed by atoms with Gasteiger partial charge in [-0.1, -0.05) is 12.5 Å². The molecule has 10 nitrogen and oxygen atoms in total. The number of nitrogen functional groups attached to an aromatic ring is 1. The highest BCUT2D eigenvalue weighted by atomic mass is 16.5. The lowest BCUT2D eigenvalue weighted by Gasteiger charge is -2.22. The molecule has 166 valence electrons.